The van der Waals surface area contributed by atoms with E-state index in [2.05, 4.69) is 37.3 Å². The van der Waals surface area contributed by atoms with Crippen LogP contribution in [0.5, 0.6) is 11.5 Å². The fourth-order valence-electron chi connectivity index (χ4n) is 5.83. The summed E-state index contributed by atoms with van der Waals surface area (Å²) in [6, 6.07) is 26.2. The number of rotatable bonds is 16. The standard InChI is InChI=1S/C36H44N2O4S/c1-2-3-4-5-6-13-18-35-38(22-21-28-19-20-31-32(23-28)42-27-41-31)36(40)33(43-35)24-34(39)37(25-29-14-9-7-10-15-29)26-30-16-11-8-12-17-30/h7-12,14-17,19-20,23,33,35H,2-6,13,18,21-22,24-27H2,1H3. The molecule has 0 bridgehead atoms. The van der Waals surface area contributed by atoms with E-state index < -0.39 is 0 Å². The summed E-state index contributed by atoms with van der Waals surface area (Å²) in [6.45, 7) is 4.17. The third-order valence-corrected chi connectivity index (χ3v) is 9.76. The normalized spacial score (nSPS) is 17.4. The Bertz CT molecular complexity index is 1280. The van der Waals surface area contributed by atoms with Crippen LogP contribution >= 0.6 is 11.8 Å². The van der Waals surface area contributed by atoms with Gasteiger partial charge in [-0.15, -0.1) is 11.8 Å². The Morgan fingerprint density at radius 1 is 0.837 bits per heavy atom. The molecule has 2 aliphatic rings. The van der Waals surface area contributed by atoms with Gasteiger partial charge in [-0.05, 0) is 41.7 Å². The lowest BCUT2D eigenvalue weighted by Crippen LogP contribution is -2.38. The van der Waals surface area contributed by atoms with Gasteiger partial charge in [-0.25, -0.2) is 0 Å². The zero-order valence-electron chi connectivity index (χ0n) is 25.3. The van der Waals surface area contributed by atoms with E-state index in [1.165, 1.54) is 32.1 Å². The van der Waals surface area contributed by atoms with Crippen molar-refractivity contribution in [3.8, 4) is 11.5 Å². The Labute approximate surface area is 260 Å². The number of thioether (sulfide) groups is 1. The topological polar surface area (TPSA) is 59.1 Å². The number of carbonyl (C=O) groups excluding carboxylic acids is 2. The minimum absolute atomic E-state index is 0.0227. The molecule has 3 aromatic rings. The molecular weight excluding hydrogens is 556 g/mol. The summed E-state index contributed by atoms with van der Waals surface area (Å²) < 4.78 is 11.0. The van der Waals surface area contributed by atoms with Gasteiger partial charge in [-0.2, -0.15) is 0 Å². The second kappa shape index (κ2) is 15.9. The van der Waals surface area contributed by atoms with Crippen LogP contribution in [0.2, 0.25) is 0 Å². The van der Waals surface area contributed by atoms with Gasteiger partial charge in [0, 0.05) is 26.1 Å². The molecule has 43 heavy (non-hydrogen) atoms. The van der Waals surface area contributed by atoms with E-state index in [9.17, 15) is 9.59 Å². The smallest absolute Gasteiger partial charge is 0.237 e. The van der Waals surface area contributed by atoms with Crippen molar-refractivity contribution in [2.24, 2.45) is 0 Å². The van der Waals surface area contributed by atoms with Gasteiger partial charge < -0.3 is 19.3 Å². The SMILES string of the molecule is CCCCCCCCC1SC(CC(=O)N(Cc2ccccc2)Cc2ccccc2)C(=O)N1CCc1ccc2c(c1)OCO2. The number of nitrogens with zero attached hydrogens (tertiary/aromatic N) is 2. The van der Waals surface area contributed by atoms with E-state index in [1.54, 1.807) is 11.8 Å². The first-order valence-corrected chi connectivity index (χ1v) is 16.7. The van der Waals surface area contributed by atoms with Crippen LogP contribution in [-0.4, -0.2) is 45.6 Å². The molecule has 0 radical (unpaired) electrons. The van der Waals surface area contributed by atoms with Crippen molar-refractivity contribution >= 4 is 23.6 Å². The highest BCUT2D eigenvalue weighted by Crippen LogP contribution is 2.38. The second-order valence-corrected chi connectivity index (χ2v) is 12.9. The molecule has 2 heterocycles. The lowest BCUT2D eigenvalue weighted by Gasteiger charge is -2.24. The van der Waals surface area contributed by atoms with Crippen LogP contribution in [0.25, 0.3) is 0 Å². The van der Waals surface area contributed by atoms with Gasteiger partial charge in [-0.1, -0.05) is 112 Å². The summed E-state index contributed by atoms with van der Waals surface area (Å²) in [6.07, 6.45) is 9.25. The quantitative estimate of drug-likeness (QED) is 0.159. The zero-order valence-corrected chi connectivity index (χ0v) is 26.1. The maximum atomic E-state index is 13.9. The highest BCUT2D eigenvalue weighted by Gasteiger charge is 2.41. The minimum Gasteiger partial charge on any atom is -0.454 e. The van der Waals surface area contributed by atoms with Crippen LogP contribution < -0.4 is 9.47 Å². The molecule has 5 rings (SSSR count). The molecule has 0 spiro atoms. The molecule has 228 valence electrons. The summed E-state index contributed by atoms with van der Waals surface area (Å²) in [7, 11) is 0. The van der Waals surface area contributed by atoms with E-state index in [-0.39, 0.29) is 35.7 Å². The predicted molar refractivity (Wildman–Crippen MR) is 173 cm³/mol. The number of hydrogen-bond donors (Lipinski definition) is 0. The maximum Gasteiger partial charge on any atom is 0.237 e. The number of ether oxygens (including phenoxy) is 2. The largest absolute Gasteiger partial charge is 0.454 e. The molecule has 1 fully saturated rings. The summed E-state index contributed by atoms with van der Waals surface area (Å²) >= 11 is 1.69. The number of fused-ring (bicyclic) bond motifs is 1. The van der Waals surface area contributed by atoms with Crippen molar-refractivity contribution in [1.82, 2.24) is 9.80 Å². The number of unbranched alkanes of at least 4 members (excludes halogenated alkanes) is 5. The first-order valence-electron chi connectivity index (χ1n) is 15.8. The molecule has 0 saturated carbocycles. The number of amides is 2. The molecule has 2 unspecified atom stereocenters. The molecule has 2 aliphatic heterocycles. The molecule has 6 nitrogen and oxygen atoms in total. The Hall–Kier alpha value is -3.45. The predicted octanol–water partition coefficient (Wildman–Crippen LogP) is 7.60. The average Bonchev–Trinajstić information content (AvgIpc) is 3.62. The van der Waals surface area contributed by atoms with Crippen molar-refractivity contribution in [3.63, 3.8) is 0 Å². The van der Waals surface area contributed by atoms with Crippen LogP contribution in [-0.2, 0) is 29.1 Å². The lowest BCUT2D eigenvalue weighted by atomic mass is 10.1. The molecule has 0 aromatic heterocycles. The van der Waals surface area contributed by atoms with Gasteiger partial charge >= 0.3 is 0 Å². The van der Waals surface area contributed by atoms with Crippen LogP contribution in [0.4, 0.5) is 0 Å². The fraction of sp³-hybridized carbons (Fsp3) is 0.444. The molecule has 2 atom stereocenters. The number of carbonyl (C=O) groups is 2. The van der Waals surface area contributed by atoms with Crippen molar-refractivity contribution in [1.29, 1.82) is 0 Å². The van der Waals surface area contributed by atoms with Crippen LogP contribution in [0.1, 0.15) is 75.0 Å². The number of benzene rings is 3. The zero-order chi connectivity index (χ0) is 29.9. The van der Waals surface area contributed by atoms with Crippen molar-refractivity contribution in [2.45, 2.75) is 88.4 Å². The molecule has 7 heteroatoms. The Morgan fingerprint density at radius 3 is 2.19 bits per heavy atom. The van der Waals surface area contributed by atoms with Crippen molar-refractivity contribution in [2.75, 3.05) is 13.3 Å². The fourth-order valence-corrected chi connectivity index (χ4v) is 7.36. The molecular formula is C36H44N2O4S. The van der Waals surface area contributed by atoms with Gasteiger partial charge in [0.25, 0.3) is 0 Å². The van der Waals surface area contributed by atoms with Gasteiger partial charge in [0.05, 0.1) is 10.6 Å². The van der Waals surface area contributed by atoms with Crippen molar-refractivity contribution < 1.29 is 19.1 Å². The molecule has 1 saturated heterocycles. The number of hydrogen-bond acceptors (Lipinski definition) is 5. The Kier molecular flexibility index (Phi) is 11.4. The van der Waals surface area contributed by atoms with Gasteiger partial charge in [-0.3, -0.25) is 9.59 Å². The first-order chi connectivity index (χ1) is 21.1. The van der Waals surface area contributed by atoms with E-state index in [1.807, 2.05) is 58.3 Å². The van der Waals surface area contributed by atoms with Gasteiger partial charge in [0.2, 0.25) is 18.6 Å². The molecule has 0 aliphatic carbocycles. The second-order valence-electron chi connectivity index (χ2n) is 11.5. The lowest BCUT2D eigenvalue weighted by molar-refractivity contribution is -0.136. The third kappa shape index (κ3) is 8.79. The van der Waals surface area contributed by atoms with E-state index in [0.29, 0.717) is 19.6 Å². The third-order valence-electron chi connectivity index (χ3n) is 8.26. The summed E-state index contributed by atoms with van der Waals surface area (Å²) in [5, 5.41) is -0.259. The monoisotopic (exact) mass is 600 g/mol. The first kappa shape index (κ1) is 31.0. The summed E-state index contributed by atoms with van der Waals surface area (Å²) in [4.78, 5) is 31.6. The molecule has 0 N–H and O–H groups in total. The van der Waals surface area contributed by atoms with Gasteiger partial charge in [0.1, 0.15) is 0 Å². The molecule has 3 aromatic carbocycles. The Balaban J connectivity index is 1.25. The van der Waals surface area contributed by atoms with E-state index in [4.69, 9.17) is 9.47 Å². The van der Waals surface area contributed by atoms with E-state index in [0.717, 1.165) is 47.5 Å². The highest BCUT2D eigenvalue weighted by atomic mass is 32.2. The summed E-state index contributed by atoms with van der Waals surface area (Å²) in [5.41, 5.74) is 3.30. The Morgan fingerprint density at radius 2 is 1.49 bits per heavy atom. The van der Waals surface area contributed by atoms with Crippen molar-refractivity contribution in [3.05, 3.63) is 95.6 Å². The minimum atomic E-state index is -0.358. The van der Waals surface area contributed by atoms with E-state index >= 15 is 0 Å². The van der Waals surface area contributed by atoms with Crippen LogP contribution in [0, 0.1) is 0 Å². The highest BCUT2D eigenvalue weighted by molar-refractivity contribution is 8.01. The average molecular weight is 601 g/mol. The van der Waals surface area contributed by atoms with Crippen LogP contribution in [0.15, 0.2) is 78.9 Å². The molecule has 2 amide bonds. The van der Waals surface area contributed by atoms with Crippen LogP contribution in [0.3, 0.4) is 0 Å². The van der Waals surface area contributed by atoms with Gasteiger partial charge in [0.15, 0.2) is 11.5 Å². The summed E-state index contributed by atoms with van der Waals surface area (Å²) in [5.74, 6) is 1.65. The maximum absolute atomic E-state index is 13.9.